The largest absolute Gasteiger partial charge is 0.478 e. The van der Waals surface area contributed by atoms with Gasteiger partial charge >= 0.3 is 5.97 Å². The van der Waals surface area contributed by atoms with Crippen LogP contribution in [0.15, 0.2) is 42.5 Å². The Morgan fingerprint density at radius 3 is 2.44 bits per heavy atom. The van der Waals surface area contributed by atoms with Crippen molar-refractivity contribution in [2.24, 2.45) is 0 Å². The maximum atomic E-state index is 11.4. The summed E-state index contributed by atoms with van der Waals surface area (Å²) < 4.78 is 8.04. The van der Waals surface area contributed by atoms with Crippen molar-refractivity contribution >= 4 is 22.6 Å². The molecule has 0 saturated heterocycles. The Bertz CT molecular complexity index is 985. The zero-order valence-corrected chi connectivity index (χ0v) is 16.2. The minimum Gasteiger partial charge on any atom is -0.478 e. The average molecular weight is 366 g/mol. The number of hydrogen-bond acceptors (Lipinski definition) is 3. The monoisotopic (exact) mass is 366 g/mol. The zero-order valence-electron chi connectivity index (χ0n) is 16.2. The highest BCUT2D eigenvalue weighted by molar-refractivity contribution is 5.92. The van der Waals surface area contributed by atoms with Gasteiger partial charge in [0.25, 0.3) is 0 Å². The zero-order chi connectivity index (χ0) is 19.8. The highest BCUT2D eigenvalue weighted by Crippen LogP contribution is 2.36. The molecule has 3 rings (SSSR count). The number of hydrogen-bond donors (Lipinski definition) is 2. The second kappa shape index (κ2) is 6.99. The van der Waals surface area contributed by atoms with Crippen LogP contribution in [-0.2, 0) is 11.3 Å². The first-order chi connectivity index (χ1) is 12.7. The molecule has 0 amide bonds. The number of nitrogens with zero attached hydrogens (tertiary/aromatic N) is 1. The minimum atomic E-state index is -1.28. The van der Waals surface area contributed by atoms with Gasteiger partial charge in [0, 0.05) is 23.1 Å². The predicted octanol–water partition coefficient (Wildman–Crippen LogP) is 4.85. The number of nitrogen functional groups attached to an aromatic ring is 1. The number of nitrogens with two attached hydrogens (primary N) is 1. The number of fused-ring (bicyclic) bond motifs is 1. The van der Waals surface area contributed by atoms with E-state index in [4.69, 9.17) is 10.5 Å². The van der Waals surface area contributed by atoms with Gasteiger partial charge in [0.15, 0.2) is 5.60 Å². The van der Waals surface area contributed by atoms with Crippen LogP contribution in [-0.4, -0.2) is 21.2 Å². The number of ether oxygens (including phenoxy) is 1. The second-order valence-electron chi connectivity index (χ2n) is 7.34. The lowest BCUT2D eigenvalue weighted by Crippen LogP contribution is -2.37. The van der Waals surface area contributed by atoms with Crippen molar-refractivity contribution < 1.29 is 14.6 Å². The van der Waals surface area contributed by atoms with Gasteiger partial charge in [0.1, 0.15) is 5.75 Å². The number of carboxylic acid groups (broad SMARTS) is 1. The molecular weight excluding hydrogens is 340 g/mol. The molecule has 0 unspecified atom stereocenters. The van der Waals surface area contributed by atoms with E-state index in [0.29, 0.717) is 5.75 Å². The summed E-state index contributed by atoms with van der Waals surface area (Å²) in [7, 11) is 0. The maximum Gasteiger partial charge on any atom is 0.347 e. The van der Waals surface area contributed by atoms with Gasteiger partial charge in [0.2, 0.25) is 0 Å². The van der Waals surface area contributed by atoms with E-state index in [0.717, 1.165) is 46.4 Å². The van der Waals surface area contributed by atoms with Crippen LogP contribution in [0, 0.1) is 6.92 Å². The molecule has 0 aliphatic rings. The Hall–Kier alpha value is -2.95. The lowest BCUT2D eigenvalue weighted by Gasteiger charge is -2.21. The van der Waals surface area contributed by atoms with Gasteiger partial charge in [-0.25, -0.2) is 4.79 Å². The fraction of sp³-hybridized carbons (Fsp3) is 0.318. The molecule has 1 heterocycles. The van der Waals surface area contributed by atoms with Gasteiger partial charge < -0.3 is 20.1 Å². The molecule has 0 fully saturated rings. The van der Waals surface area contributed by atoms with Crippen LogP contribution in [0.4, 0.5) is 5.69 Å². The van der Waals surface area contributed by atoms with Crippen LogP contribution in [0.25, 0.3) is 22.2 Å². The molecule has 27 heavy (non-hydrogen) atoms. The van der Waals surface area contributed by atoms with Gasteiger partial charge in [-0.05, 0) is 68.7 Å². The van der Waals surface area contributed by atoms with Crippen molar-refractivity contribution in [1.29, 1.82) is 0 Å². The smallest absolute Gasteiger partial charge is 0.347 e. The Kier molecular flexibility index (Phi) is 4.87. The quantitative estimate of drug-likeness (QED) is 0.611. The molecule has 0 atom stereocenters. The molecule has 0 radical (unpaired) electrons. The van der Waals surface area contributed by atoms with Crippen molar-refractivity contribution in [3.05, 3.63) is 48.0 Å². The number of rotatable bonds is 6. The van der Waals surface area contributed by atoms with Crippen molar-refractivity contribution in [3.8, 4) is 17.0 Å². The van der Waals surface area contributed by atoms with E-state index in [2.05, 4.69) is 18.4 Å². The molecule has 3 aromatic rings. The summed E-state index contributed by atoms with van der Waals surface area (Å²) in [6.45, 7) is 8.24. The Morgan fingerprint density at radius 2 is 1.85 bits per heavy atom. The fourth-order valence-electron chi connectivity index (χ4n) is 3.37. The maximum absolute atomic E-state index is 11.4. The highest BCUT2D eigenvalue weighted by atomic mass is 16.5. The summed E-state index contributed by atoms with van der Waals surface area (Å²) in [4.78, 5) is 11.4. The van der Waals surface area contributed by atoms with Crippen molar-refractivity contribution in [3.63, 3.8) is 0 Å². The standard InChI is InChI=1S/C22H26N2O3/c1-5-12-24-19-11-10-17(27-22(3,4)21(25)26)13-18(19)14(2)20(24)15-6-8-16(23)9-7-15/h6-11,13H,5,12,23H2,1-4H3,(H,25,26). The SMILES string of the molecule is CCCn1c(-c2ccc(N)cc2)c(C)c2cc(OC(C)(C)C(=O)O)ccc21. The lowest BCUT2D eigenvalue weighted by molar-refractivity contribution is -0.152. The number of carboxylic acids is 1. The average Bonchev–Trinajstić information content (AvgIpc) is 2.88. The first kappa shape index (κ1) is 18.8. The number of anilines is 1. The predicted molar refractivity (Wildman–Crippen MR) is 109 cm³/mol. The van der Waals surface area contributed by atoms with Crippen molar-refractivity contribution in [2.75, 3.05) is 5.73 Å². The summed E-state index contributed by atoms with van der Waals surface area (Å²) in [5.41, 5.74) is 9.82. The summed E-state index contributed by atoms with van der Waals surface area (Å²) >= 11 is 0. The van der Waals surface area contributed by atoms with E-state index < -0.39 is 11.6 Å². The van der Waals surface area contributed by atoms with E-state index in [9.17, 15) is 9.90 Å². The van der Waals surface area contributed by atoms with Crippen molar-refractivity contribution in [1.82, 2.24) is 4.57 Å². The van der Waals surface area contributed by atoms with Gasteiger partial charge in [0.05, 0.1) is 5.69 Å². The van der Waals surface area contributed by atoms with E-state index >= 15 is 0 Å². The summed E-state index contributed by atoms with van der Waals surface area (Å²) in [5, 5.41) is 10.4. The van der Waals surface area contributed by atoms with Crippen LogP contribution in [0.5, 0.6) is 5.75 Å². The molecule has 142 valence electrons. The third kappa shape index (κ3) is 3.50. The summed E-state index contributed by atoms with van der Waals surface area (Å²) in [6, 6.07) is 13.7. The normalized spacial score (nSPS) is 11.7. The van der Waals surface area contributed by atoms with Crippen molar-refractivity contribution in [2.45, 2.75) is 46.3 Å². The van der Waals surface area contributed by atoms with Gasteiger partial charge in [-0.15, -0.1) is 0 Å². The van der Waals surface area contributed by atoms with E-state index in [1.165, 1.54) is 0 Å². The molecule has 0 bridgehead atoms. The van der Waals surface area contributed by atoms with Crippen LogP contribution in [0.2, 0.25) is 0 Å². The lowest BCUT2D eigenvalue weighted by atomic mass is 10.1. The number of benzene rings is 2. The molecular formula is C22H26N2O3. The first-order valence-corrected chi connectivity index (χ1v) is 9.15. The van der Waals surface area contributed by atoms with Crippen LogP contribution in [0.1, 0.15) is 32.8 Å². The van der Waals surface area contributed by atoms with Gasteiger partial charge in [-0.2, -0.15) is 0 Å². The molecule has 1 aromatic heterocycles. The first-order valence-electron chi connectivity index (χ1n) is 9.15. The van der Waals surface area contributed by atoms with E-state index in [1.807, 2.05) is 42.5 Å². The van der Waals surface area contributed by atoms with Gasteiger partial charge in [-0.1, -0.05) is 19.1 Å². The second-order valence-corrected chi connectivity index (χ2v) is 7.34. The summed E-state index contributed by atoms with van der Waals surface area (Å²) in [5.74, 6) is -0.444. The fourth-order valence-corrected chi connectivity index (χ4v) is 3.37. The Labute approximate surface area is 159 Å². The van der Waals surface area contributed by atoms with E-state index in [1.54, 1.807) is 13.8 Å². The molecule has 3 N–H and O–H groups in total. The van der Waals surface area contributed by atoms with Crippen LogP contribution < -0.4 is 10.5 Å². The number of aromatic nitrogens is 1. The molecule has 5 heteroatoms. The third-order valence-corrected chi connectivity index (χ3v) is 4.81. The number of aryl methyl sites for hydroxylation is 2. The number of carbonyl (C=O) groups is 1. The molecule has 0 aliphatic heterocycles. The van der Waals surface area contributed by atoms with Crippen LogP contribution >= 0.6 is 0 Å². The molecule has 0 spiro atoms. The third-order valence-electron chi connectivity index (χ3n) is 4.81. The molecule has 5 nitrogen and oxygen atoms in total. The van der Waals surface area contributed by atoms with Gasteiger partial charge in [-0.3, -0.25) is 0 Å². The Balaban J connectivity index is 2.16. The minimum absolute atomic E-state index is 0.551. The highest BCUT2D eigenvalue weighted by Gasteiger charge is 2.29. The Morgan fingerprint density at radius 1 is 1.19 bits per heavy atom. The summed E-state index contributed by atoms with van der Waals surface area (Å²) in [6.07, 6.45) is 1.01. The number of aliphatic carboxylic acids is 1. The van der Waals surface area contributed by atoms with Crippen LogP contribution in [0.3, 0.4) is 0 Å². The van der Waals surface area contributed by atoms with E-state index in [-0.39, 0.29) is 0 Å². The molecule has 2 aromatic carbocycles. The molecule has 0 aliphatic carbocycles. The topological polar surface area (TPSA) is 77.5 Å². The molecule has 0 saturated carbocycles.